The van der Waals surface area contributed by atoms with Gasteiger partial charge in [-0.05, 0) is 0 Å². The van der Waals surface area contributed by atoms with Gasteiger partial charge in [-0.2, -0.15) is 0 Å². The van der Waals surface area contributed by atoms with Gasteiger partial charge < -0.3 is 9.84 Å². The molecule has 1 heterocycles. The number of carbonyl (C=O) groups is 2. The molecule has 1 N–H and O–H groups in total. The molecule has 1 fully saturated rings. The molecule has 1 atom stereocenters. The molecular weight excluding hydrogens is 160 g/mol. The summed E-state index contributed by atoms with van der Waals surface area (Å²) in [5, 5.41) is 6.59. The number of ether oxygens (including phenoxy) is 1. The standard InChI is InChI=1S/C5H5ClO4/c6-5(4(8)9)2-1-3(7)10-5/h1-2H2,(H,8,9). The predicted octanol–water partition coefficient (Wildman–Crippen LogP) is 0.343. The lowest BCUT2D eigenvalue weighted by Gasteiger charge is -2.12. The van der Waals surface area contributed by atoms with Crippen LogP contribution < -0.4 is 0 Å². The van der Waals surface area contributed by atoms with E-state index in [2.05, 4.69) is 4.74 Å². The molecule has 0 radical (unpaired) electrons. The number of carbonyl (C=O) groups excluding carboxylic acids is 1. The van der Waals surface area contributed by atoms with Crippen molar-refractivity contribution in [1.29, 1.82) is 0 Å². The second kappa shape index (κ2) is 2.12. The predicted molar refractivity (Wildman–Crippen MR) is 31.5 cm³/mol. The molecule has 1 saturated heterocycles. The zero-order valence-corrected chi connectivity index (χ0v) is 5.72. The van der Waals surface area contributed by atoms with Crippen molar-refractivity contribution in [2.24, 2.45) is 0 Å². The Balaban J connectivity index is 2.72. The number of esters is 1. The summed E-state index contributed by atoms with van der Waals surface area (Å²) < 4.78 is 4.34. The van der Waals surface area contributed by atoms with Crippen LogP contribution in [0.1, 0.15) is 12.8 Å². The average Bonchev–Trinajstić information content (AvgIpc) is 2.13. The monoisotopic (exact) mass is 164 g/mol. The summed E-state index contributed by atoms with van der Waals surface area (Å²) in [6, 6.07) is 0. The molecule has 10 heavy (non-hydrogen) atoms. The molecule has 1 aliphatic rings. The number of halogens is 1. The van der Waals surface area contributed by atoms with Gasteiger partial charge in [0.2, 0.25) is 0 Å². The maximum Gasteiger partial charge on any atom is 0.364 e. The molecule has 1 unspecified atom stereocenters. The van der Waals surface area contributed by atoms with Crippen molar-refractivity contribution in [3.63, 3.8) is 0 Å². The molecule has 1 rings (SSSR count). The van der Waals surface area contributed by atoms with Gasteiger partial charge >= 0.3 is 11.9 Å². The molecule has 0 aliphatic carbocycles. The van der Waals surface area contributed by atoms with Crippen LogP contribution in [0.15, 0.2) is 0 Å². The van der Waals surface area contributed by atoms with E-state index in [-0.39, 0.29) is 12.8 Å². The zero-order chi connectivity index (χ0) is 7.78. The average molecular weight is 165 g/mol. The highest BCUT2D eigenvalue weighted by Gasteiger charge is 2.45. The van der Waals surface area contributed by atoms with Crippen molar-refractivity contribution in [3.05, 3.63) is 0 Å². The van der Waals surface area contributed by atoms with Gasteiger partial charge in [-0.25, -0.2) is 4.79 Å². The molecule has 1 aliphatic heterocycles. The number of aliphatic carboxylic acids is 1. The molecule has 56 valence electrons. The SMILES string of the molecule is O=C1CCC(Cl)(C(=O)O)O1. The Hall–Kier alpha value is -0.770. The summed E-state index contributed by atoms with van der Waals surface area (Å²) in [4.78, 5) is 20.7. The fraction of sp³-hybridized carbons (Fsp3) is 0.600. The van der Waals surface area contributed by atoms with Crippen LogP contribution in [0.2, 0.25) is 0 Å². The molecule has 0 aromatic rings. The minimum Gasteiger partial charge on any atom is -0.477 e. The Labute approximate surface area is 61.7 Å². The van der Waals surface area contributed by atoms with Gasteiger partial charge in [-0.15, -0.1) is 0 Å². The number of hydrogen-bond donors (Lipinski definition) is 1. The lowest BCUT2D eigenvalue weighted by molar-refractivity contribution is -0.160. The number of carboxylic acid groups (broad SMARTS) is 1. The van der Waals surface area contributed by atoms with E-state index in [9.17, 15) is 9.59 Å². The van der Waals surface area contributed by atoms with Crippen molar-refractivity contribution < 1.29 is 19.4 Å². The fourth-order valence-electron chi connectivity index (χ4n) is 0.696. The van der Waals surface area contributed by atoms with Gasteiger partial charge in [-0.3, -0.25) is 4.79 Å². The van der Waals surface area contributed by atoms with Gasteiger partial charge in [-0.1, -0.05) is 11.6 Å². The van der Waals surface area contributed by atoms with Gasteiger partial charge in [0.25, 0.3) is 5.06 Å². The highest BCUT2D eigenvalue weighted by atomic mass is 35.5. The maximum absolute atomic E-state index is 10.4. The van der Waals surface area contributed by atoms with Crippen molar-refractivity contribution in [2.45, 2.75) is 17.9 Å². The molecule has 0 saturated carbocycles. The van der Waals surface area contributed by atoms with E-state index >= 15 is 0 Å². The molecule has 0 amide bonds. The van der Waals surface area contributed by atoms with Crippen LogP contribution >= 0.6 is 11.6 Å². The van der Waals surface area contributed by atoms with E-state index in [1.165, 1.54) is 0 Å². The van der Waals surface area contributed by atoms with E-state index < -0.39 is 17.0 Å². The van der Waals surface area contributed by atoms with Crippen LogP contribution in [0.4, 0.5) is 0 Å². The Bertz CT molecular complexity index is 190. The molecule has 0 spiro atoms. The number of hydrogen-bond acceptors (Lipinski definition) is 3. The molecular formula is C5H5ClO4. The first kappa shape index (κ1) is 7.34. The van der Waals surface area contributed by atoms with Gasteiger partial charge in [0, 0.05) is 6.42 Å². The number of rotatable bonds is 1. The minimum atomic E-state index is -1.79. The topological polar surface area (TPSA) is 63.6 Å². The third-order valence-corrected chi connectivity index (χ3v) is 1.67. The minimum absolute atomic E-state index is 0.0444. The third-order valence-electron chi connectivity index (χ3n) is 1.25. The normalized spacial score (nSPS) is 31.9. The van der Waals surface area contributed by atoms with E-state index in [0.717, 1.165) is 0 Å². The smallest absolute Gasteiger partial charge is 0.364 e. The molecule has 5 heteroatoms. The van der Waals surface area contributed by atoms with Crippen molar-refractivity contribution in [1.82, 2.24) is 0 Å². The Morgan fingerprint density at radius 1 is 1.80 bits per heavy atom. The summed E-state index contributed by atoms with van der Waals surface area (Å²) >= 11 is 5.36. The summed E-state index contributed by atoms with van der Waals surface area (Å²) in [7, 11) is 0. The zero-order valence-electron chi connectivity index (χ0n) is 4.96. The highest BCUT2D eigenvalue weighted by molar-refractivity contribution is 6.33. The molecule has 0 aromatic carbocycles. The first-order valence-electron chi connectivity index (χ1n) is 2.69. The van der Waals surface area contributed by atoms with E-state index in [1.54, 1.807) is 0 Å². The molecule has 0 aromatic heterocycles. The highest BCUT2D eigenvalue weighted by Crippen LogP contribution is 2.30. The van der Waals surface area contributed by atoms with Crippen molar-refractivity contribution in [3.8, 4) is 0 Å². The van der Waals surface area contributed by atoms with E-state index in [4.69, 9.17) is 16.7 Å². The lowest BCUT2D eigenvalue weighted by atomic mass is 10.2. The molecule has 4 nitrogen and oxygen atoms in total. The van der Waals surface area contributed by atoms with Crippen LogP contribution in [0.3, 0.4) is 0 Å². The Morgan fingerprint density at radius 3 is 2.60 bits per heavy atom. The summed E-state index contributed by atoms with van der Waals surface area (Å²) in [6.07, 6.45) is 0.124. The van der Waals surface area contributed by atoms with Crippen LogP contribution in [-0.4, -0.2) is 22.1 Å². The third kappa shape index (κ3) is 1.07. The van der Waals surface area contributed by atoms with Gasteiger partial charge in [0.05, 0.1) is 6.42 Å². The van der Waals surface area contributed by atoms with Crippen molar-refractivity contribution >= 4 is 23.5 Å². The van der Waals surface area contributed by atoms with Crippen LogP contribution in [0.25, 0.3) is 0 Å². The quantitative estimate of drug-likeness (QED) is 0.449. The first-order chi connectivity index (χ1) is 4.54. The van der Waals surface area contributed by atoms with E-state index in [0.29, 0.717) is 0 Å². The molecule has 0 bridgehead atoms. The second-order valence-electron chi connectivity index (χ2n) is 2.01. The lowest BCUT2D eigenvalue weighted by Crippen LogP contribution is -2.31. The van der Waals surface area contributed by atoms with Gasteiger partial charge in [0.15, 0.2) is 0 Å². The van der Waals surface area contributed by atoms with E-state index in [1.807, 2.05) is 0 Å². The first-order valence-corrected chi connectivity index (χ1v) is 3.06. The van der Waals surface area contributed by atoms with Crippen LogP contribution in [-0.2, 0) is 14.3 Å². The van der Waals surface area contributed by atoms with Crippen molar-refractivity contribution in [2.75, 3.05) is 0 Å². The fourth-order valence-corrected chi connectivity index (χ4v) is 0.876. The Kier molecular flexibility index (Phi) is 1.56. The Morgan fingerprint density at radius 2 is 2.40 bits per heavy atom. The summed E-state index contributed by atoms with van der Waals surface area (Å²) in [6.45, 7) is 0. The summed E-state index contributed by atoms with van der Waals surface area (Å²) in [5.74, 6) is -1.86. The number of carboxylic acids is 1. The summed E-state index contributed by atoms with van der Waals surface area (Å²) in [5.41, 5.74) is 0. The number of alkyl halides is 1. The second-order valence-corrected chi connectivity index (χ2v) is 2.62. The van der Waals surface area contributed by atoms with Crippen LogP contribution in [0.5, 0.6) is 0 Å². The van der Waals surface area contributed by atoms with Gasteiger partial charge in [0.1, 0.15) is 0 Å². The largest absolute Gasteiger partial charge is 0.477 e. The number of cyclic esters (lactones) is 1. The van der Waals surface area contributed by atoms with Crippen LogP contribution in [0, 0.1) is 0 Å². The maximum atomic E-state index is 10.4.